The molecule has 0 bridgehead atoms. The van der Waals surface area contributed by atoms with E-state index >= 15 is 0 Å². The zero-order valence-electron chi connectivity index (χ0n) is 13.1. The van der Waals surface area contributed by atoms with Crippen molar-refractivity contribution in [2.45, 2.75) is 12.6 Å². The van der Waals surface area contributed by atoms with Gasteiger partial charge in [0, 0.05) is 25.1 Å². The average molecular weight is 331 g/mol. The number of nitrogens with zero attached hydrogens (tertiary/aromatic N) is 1. The SMILES string of the molecule is CN(CCc1ccccc1)C(=O)C#Cc1cccc(C(F)(F)F)c1. The van der Waals surface area contributed by atoms with Crippen LogP contribution in [0.1, 0.15) is 16.7 Å². The number of amides is 1. The fourth-order valence-electron chi connectivity index (χ4n) is 2.04. The summed E-state index contributed by atoms with van der Waals surface area (Å²) in [6.07, 6.45) is -3.73. The third-order valence-electron chi connectivity index (χ3n) is 3.43. The van der Waals surface area contributed by atoms with Crippen molar-refractivity contribution in [1.29, 1.82) is 0 Å². The summed E-state index contributed by atoms with van der Waals surface area (Å²) in [5, 5.41) is 0. The smallest absolute Gasteiger partial charge is 0.335 e. The lowest BCUT2D eigenvalue weighted by atomic mass is 10.1. The lowest BCUT2D eigenvalue weighted by molar-refractivity contribution is -0.137. The number of halogens is 3. The molecule has 0 saturated carbocycles. The minimum atomic E-state index is -4.42. The number of hydrogen-bond acceptors (Lipinski definition) is 1. The molecule has 0 heterocycles. The quantitative estimate of drug-likeness (QED) is 0.784. The van der Waals surface area contributed by atoms with E-state index in [9.17, 15) is 18.0 Å². The third-order valence-corrected chi connectivity index (χ3v) is 3.43. The molecule has 2 aromatic carbocycles. The highest BCUT2D eigenvalue weighted by molar-refractivity contribution is 5.93. The third kappa shape index (κ3) is 5.17. The first-order chi connectivity index (χ1) is 11.4. The van der Waals surface area contributed by atoms with Gasteiger partial charge in [-0.2, -0.15) is 13.2 Å². The summed E-state index contributed by atoms with van der Waals surface area (Å²) in [7, 11) is 1.62. The molecular formula is C19H16F3NO. The van der Waals surface area contributed by atoms with Crippen molar-refractivity contribution in [3.05, 3.63) is 71.3 Å². The first-order valence-corrected chi connectivity index (χ1v) is 7.34. The highest BCUT2D eigenvalue weighted by Gasteiger charge is 2.30. The molecule has 2 aromatic rings. The number of rotatable bonds is 3. The van der Waals surface area contributed by atoms with Crippen LogP contribution in [0.4, 0.5) is 13.2 Å². The average Bonchev–Trinajstić information content (AvgIpc) is 2.58. The molecule has 5 heteroatoms. The lowest BCUT2D eigenvalue weighted by Crippen LogP contribution is -2.27. The number of benzene rings is 2. The van der Waals surface area contributed by atoms with Gasteiger partial charge >= 0.3 is 6.18 Å². The molecule has 0 aromatic heterocycles. The molecule has 2 rings (SSSR count). The molecule has 0 aliphatic heterocycles. The molecule has 0 fully saturated rings. The van der Waals surface area contributed by atoms with Gasteiger partial charge in [-0.25, -0.2) is 0 Å². The maximum absolute atomic E-state index is 12.6. The van der Waals surface area contributed by atoms with Crippen molar-refractivity contribution in [3.8, 4) is 11.8 Å². The molecule has 0 radical (unpaired) electrons. The largest absolute Gasteiger partial charge is 0.416 e. The number of likely N-dealkylation sites (N-methyl/N-ethyl adjacent to an activating group) is 1. The zero-order valence-corrected chi connectivity index (χ0v) is 13.1. The van der Waals surface area contributed by atoms with Gasteiger partial charge in [-0.15, -0.1) is 0 Å². The van der Waals surface area contributed by atoms with Crippen LogP contribution < -0.4 is 0 Å². The molecule has 0 saturated heterocycles. The number of carbonyl (C=O) groups excluding carboxylic acids is 1. The second-order valence-electron chi connectivity index (χ2n) is 5.29. The van der Waals surface area contributed by atoms with Gasteiger partial charge in [0.25, 0.3) is 5.91 Å². The van der Waals surface area contributed by atoms with Crippen molar-refractivity contribution in [2.24, 2.45) is 0 Å². The molecule has 0 unspecified atom stereocenters. The Morgan fingerprint density at radius 2 is 1.79 bits per heavy atom. The standard InChI is InChI=1S/C19H16F3NO/c1-23(13-12-15-6-3-2-4-7-15)18(24)11-10-16-8-5-9-17(14-16)19(20,21)22/h2-9,14H,12-13H2,1H3. The summed E-state index contributed by atoms with van der Waals surface area (Å²) in [6, 6.07) is 14.3. The summed E-state index contributed by atoms with van der Waals surface area (Å²) >= 11 is 0. The maximum atomic E-state index is 12.6. The Bertz CT molecular complexity index is 757. The summed E-state index contributed by atoms with van der Waals surface area (Å²) in [5.41, 5.74) is 0.483. The Kier molecular flexibility index (Phi) is 5.64. The summed E-state index contributed by atoms with van der Waals surface area (Å²) in [4.78, 5) is 13.4. The van der Waals surface area contributed by atoms with Gasteiger partial charge in [0.1, 0.15) is 0 Å². The predicted octanol–water partition coefficient (Wildman–Crippen LogP) is 3.76. The van der Waals surface area contributed by atoms with Crippen molar-refractivity contribution in [2.75, 3.05) is 13.6 Å². The minimum absolute atomic E-state index is 0.162. The van der Waals surface area contributed by atoms with Gasteiger partial charge in [-0.1, -0.05) is 42.3 Å². The molecule has 24 heavy (non-hydrogen) atoms. The van der Waals surface area contributed by atoms with Gasteiger partial charge in [0.05, 0.1) is 5.56 Å². The maximum Gasteiger partial charge on any atom is 0.416 e. The number of hydrogen-bond donors (Lipinski definition) is 0. The molecule has 2 nitrogen and oxygen atoms in total. The number of alkyl halides is 3. The number of carbonyl (C=O) groups is 1. The van der Waals surface area contributed by atoms with Crippen LogP contribution in [0.5, 0.6) is 0 Å². The van der Waals surface area contributed by atoms with Crippen LogP contribution in [0.15, 0.2) is 54.6 Å². The van der Waals surface area contributed by atoms with E-state index in [1.807, 2.05) is 30.3 Å². The normalized spacial score (nSPS) is 10.7. The van der Waals surface area contributed by atoms with Crippen LogP contribution in [0.2, 0.25) is 0 Å². The molecule has 0 N–H and O–H groups in total. The predicted molar refractivity (Wildman–Crippen MR) is 86.1 cm³/mol. The highest BCUT2D eigenvalue weighted by atomic mass is 19.4. The zero-order chi connectivity index (χ0) is 17.6. The minimum Gasteiger partial charge on any atom is -0.335 e. The van der Waals surface area contributed by atoms with E-state index < -0.39 is 17.6 Å². The van der Waals surface area contributed by atoms with E-state index in [0.717, 1.165) is 17.7 Å². The highest BCUT2D eigenvalue weighted by Crippen LogP contribution is 2.29. The Labute approximate surface area is 138 Å². The van der Waals surface area contributed by atoms with Gasteiger partial charge < -0.3 is 4.90 Å². The molecule has 0 aliphatic carbocycles. The first kappa shape index (κ1) is 17.6. The van der Waals surface area contributed by atoms with Crippen LogP contribution in [0.3, 0.4) is 0 Å². The Hall–Kier alpha value is -2.74. The van der Waals surface area contributed by atoms with Crippen LogP contribution in [-0.4, -0.2) is 24.4 Å². The molecular weight excluding hydrogens is 315 g/mol. The monoisotopic (exact) mass is 331 g/mol. The fraction of sp³-hybridized carbons (Fsp3) is 0.211. The topological polar surface area (TPSA) is 20.3 Å². The van der Waals surface area contributed by atoms with Crippen molar-refractivity contribution < 1.29 is 18.0 Å². The summed E-state index contributed by atoms with van der Waals surface area (Å²) in [5.74, 6) is 4.45. The molecule has 124 valence electrons. The van der Waals surface area contributed by atoms with E-state index in [2.05, 4.69) is 11.8 Å². The molecule has 0 atom stereocenters. The van der Waals surface area contributed by atoms with Crippen LogP contribution in [-0.2, 0) is 17.4 Å². The van der Waals surface area contributed by atoms with Crippen LogP contribution >= 0.6 is 0 Å². The second kappa shape index (κ2) is 7.69. The van der Waals surface area contributed by atoms with E-state index in [-0.39, 0.29) is 5.56 Å². The lowest BCUT2D eigenvalue weighted by Gasteiger charge is -2.13. The van der Waals surface area contributed by atoms with Crippen molar-refractivity contribution in [1.82, 2.24) is 4.90 Å². The van der Waals surface area contributed by atoms with E-state index in [4.69, 9.17) is 0 Å². The van der Waals surface area contributed by atoms with E-state index in [1.54, 1.807) is 7.05 Å². The van der Waals surface area contributed by atoms with Gasteiger partial charge in [0.15, 0.2) is 0 Å². The first-order valence-electron chi connectivity index (χ1n) is 7.34. The van der Waals surface area contributed by atoms with Gasteiger partial charge in [0.2, 0.25) is 0 Å². The van der Waals surface area contributed by atoms with Gasteiger partial charge in [-0.05, 0) is 30.2 Å². The summed E-state index contributed by atoms with van der Waals surface area (Å²) < 4.78 is 37.9. The van der Waals surface area contributed by atoms with E-state index in [1.165, 1.54) is 17.0 Å². The molecule has 1 amide bonds. The second-order valence-corrected chi connectivity index (χ2v) is 5.29. The van der Waals surface area contributed by atoms with Crippen LogP contribution in [0, 0.1) is 11.8 Å². The van der Waals surface area contributed by atoms with Crippen molar-refractivity contribution >= 4 is 5.91 Å². The Morgan fingerprint density at radius 1 is 1.08 bits per heavy atom. The van der Waals surface area contributed by atoms with Crippen LogP contribution in [0.25, 0.3) is 0 Å². The fourth-order valence-corrected chi connectivity index (χ4v) is 2.04. The molecule has 0 spiro atoms. The van der Waals surface area contributed by atoms with Gasteiger partial charge in [-0.3, -0.25) is 4.79 Å². The Balaban J connectivity index is 1.98. The Morgan fingerprint density at radius 3 is 2.46 bits per heavy atom. The van der Waals surface area contributed by atoms with Crippen molar-refractivity contribution in [3.63, 3.8) is 0 Å². The van der Waals surface area contributed by atoms with E-state index in [0.29, 0.717) is 13.0 Å². The molecule has 0 aliphatic rings. The summed E-state index contributed by atoms with van der Waals surface area (Å²) in [6.45, 7) is 0.486.